The SMILES string of the molecule is O=C(N1CCc2ccc(F)cc21)C1(O)CCCC1. The average Bonchev–Trinajstić information content (AvgIpc) is 2.95. The Morgan fingerprint density at radius 1 is 1.33 bits per heavy atom. The minimum absolute atomic E-state index is 0.260. The Bertz CT molecular complexity index is 495. The third-order valence-corrected chi connectivity index (χ3v) is 4.02. The van der Waals surface area contributed by atoms with Gasteiger partial charge in [0.2, 0.25) is 0 Å². The number of halogens is 1. The molecule has 0 bridgehead atoms. The summed E-state index contributed by atoms with van der Waals surface area (Å²) in [6, 6.07) is 4.52. The molecule has 1 aliphatic heterocycles. The molecule has 1 aliphatic carbocycles. The number of aliphatic hydroxyl groups is 1. The molecule has 1 saturated carbocycles. The topological polar surface area (TPSA) is 40.5 Å². The Hall–Kier alpha value is -1.42. The highest BCUT2D eigenvalue weighted by atomic mass is 19.1. The molecule has 0 aromatic heterocycles. The number of carbonyl (C=O) groups is 1. The van der Waals surface area contributed by atoms with Gasteiger partial charge in [-0.15, -0.1) is 0 Å². The molecule has 3 nitrogen and oxygen atoms in total. The fourth-order valence-electron chi connectivity index (χ4n) is 2.99. The molecule has 0 radical (unpaired) electrons. The average molecular weight is 249 g/mol. The van der Waals surface area contributed by atoms with E-state index in [9.17, 15) is 14.3 Å². The molecule has 0 atom stereocenters. The molecule has 3 rings (SSSR count). The number of fused-ring (bicyclic) bond motifs is 1. The summed E-state index contributed by atoms with van der Waals surface area (Å²) < 4.78 is 13.3. The first-order chi connectivity index (χ1) is 8.60. The largest absolute Gasteiger partial charge is 0.380 e. The molecule has 0 unspecified atom stereocenters. The normalized spacial score (nSPS) is 21.1. The molecular formula is C14H16FNO2. The Kier molecular flexibility index (Phi) is 2.63. The van der Waals surface area contributed by atoms with Crippen molar-refractivity contribution in [2.75, 3.05) is 11.4 Å². The number of rotatable bonds is 1. The molecule has 1 fully saturated rings. The number of amides is 1. The Labute approximate surface area is 105 Å². The summed E-state index contributed by atoms with van der Waals surface area (Å²) in [7, 11) is 0. The predicted molar refractivity (Wildman–Crippen MR) is 65.9 cm³/mol. The number of hydrogen-bond acceptors (Lipinski definition) is 2. The third-order valence-electron chi connectivity index (χ3n) is 4.02. The molecule has 1 amide bonds. The van der Waals surface area contributed by atoms with Crippen molar-refractivity contribution in [3.05, 3.63) is 29.6 Å². The summed E-state index contributed by atoms with van der Waals surface area (Å²) >= 11 is 0. The van der Waals surface area contributed by atoms with Crippen LogP contribution in [0.5, 0.6) is 0 Å². The van der Waals surface area contributed by atoms with Gasteiger partial charge in [-0.1, -0.05) is 6.07 Å². The van der Waals surface area contributed by atoms with E-state index in [0.29, 0.717) is 25.1 Å². The van der Waals surface area contributed by atoms with Crippen molar-refractivity contribution >= 4 is 11.6 Å². The van der Waals surface area contributed by atoms with E-state index in [1.165, 1.54) is 12.1 Å². The second kappa shape index (κ2) is 4.05. The van der Waals surface area contributed by atoms with E-state index in [1.54, 1.807) is 11.0 Å². The highest BCUT2D eigenvalue weighted by molar-refractivity contribution is 6.01. The van der Waals surface area contributed by atoms with Gasteiger partial charge >= 0.3 is 0 Å². The zero-order valence-corrected chi connectivity index (χ0v) is 10.2. The quantitative estimate of drug-likeness (QED) is 0.827. The number of nitrogens with zero attached hydrogens (tertiary/aromatic N) is 1. The summed E-state index contributed by atoms with van der Waals surface area (Å²) in [6.45, 7) is 0.542. The lowest BCUT2D eigenvalue weighted by Crippen LogP contribution is -2.47. The second-order valence-corrected chi connectivity index (χ2v) is 5.22. The highest BCUT2D eigenvalue weighted by Crippen LogP contribution is 2.36. The van der Waals surface area contributed by atoms with Gasteiger partial charge in [0.25, 0.3) is 5.91 Å². The fourth-order valence-corrected chi connectivity index (χ4v) is 2.99. The van der Waals surface area contributed by atoms with Crippen molar-refractivity contribution in [1.82, 2.24) is 0 Å². The van der Waals surface area contributed by atoms with Crippen LogP contribution in [0, 0.1) is 5.82 Å². The number of carbonyl (C=O) groups excluding carboxylic acids is 1. The molecule has 0 spiro atoms. The van der Waals surface area contributed by atoms with Crippen molar-refractivity contribution in [3.8, 4) is 0 Å². The van der Waals surface area contributed by atoms with Gasteiger partial charge in [0.1, 0.15) is 11.4 Å². The van der Waals surface area contributed by atoms with Crippen LogP contribution in [-0.4, -0.2) is 23.2 Å². The Morgan fingerprint density at radius 3 is 2.78 bits per heavy atom. The van der Waals surface area contributed by atoms with E-state index >= 15 is 0 Å². The third kappa shape index (κ3) is 1.72. The molecule has 1 N–H and O–H groups in total. The lowest BCUT2D eigenvalue weighted by molar-refractivity contribution is -0.136. The second-order valence-electron chi connectivity index (χ2n) is 5.22. The van der Waals surface area contributed by atoms with Crippen LogP contribution in [0.3, 0.4) is 0 Å². The van der Waals surface area contributed by atoms with Gasteiger partial charge in [-0.05, 0) is 49.8 Å². The van der Waals surface area contributed by atoms with Gasteiger partial charge < -0.3 is 10.0 Å². The summed E-state index contributed by atoms with van der Waals surface area (Å²) in [6.07, 6.45) is 3.54. The van der Waals surface area contributed by atoms with Gasteiger partial charge in [0, 0.05) is 12.2 Å². The number of hydrogen-bond donors (Lipinski definition) is 1. The molecule has 18 heavy (non-hydrogen) atoms. The van der Waals surface area contributed by atoms with Gasteiger partial charge in [0.15, 0.2) is 0 Å². The first-order valence-electron chi connectivity index (χ1n) is 6.43. The molecule has 96 valence electrons. The van der Waals surface area contributed by atoms with E-state index in [2.05, 4.69) is 0 Å². The number of anilines is 1. The summed E-state index contributed by atoms with van der Waals surface area (Å²) in [5.41, 5.74) is 0.375. The first-order valence-corrected chi connectivity index (χ1v) is 6.43. The van der Waals surface area contributed by atoms with Gasteiger partial charge in [0.05, 0.1) is 0 Å². The standard InChI is InChI=1S/C14H16FNO2/c15-11-4-3-10-5-8-16(12(10)9-11)13(17)14(18)6-1-2-7-14/h3-4,9,18H,1-2,5-8H2. The first kappa shape index (κ1) is 11.7. The van der Waals surface area contributed by atoms with Gasteiger partial charge in [-0.3, -0.25) is 4.79 Å². The predicted octanol–water partition coefficient (Wildman–Crippen LogP) is 2.02. The minimum atomic E-state index is -1.23. The Balaban J connectivity index is 1.92. The van der Waals surface area contributed by atoms with E-state index in [4.69, 9.17) is 0 Å². The Morgan fingerprint density at radius 2 is 2.06 bits per heavy atom. The molecule has 1 heterocycles. The maximum atomic E-state index is 13.3. The fraction of sp³-hybridized carbons (Fsp3) is 0.500. The van der Waals surface area contributed by atoms with Crippen LogP contribution in [0.1, 0.15) is 31.2 Å². The van der Waals surface area contributed by atoms with Crippen LogP contribution >= 0.6 is 0 Å². The molecule has 2 aliphatic rings. The molecular weight excluding hydrogens is 233 g/mol. The van der Waals surface area contributed by atoms with Crippen LogP contribution < -0.4 is 4.90 Å². The lowest BCUT2D eigenvalue weighted by atomic mass is 10.0. The summed E-state index contributed by atoms with van der Waals surface area (Å²) in [5, 5.41) is 10.3. The van der Waals surface area contributed by atoms with Gasteiger partial charge in [-0.2, -0.15) is 0 Å². The number of benzene rings is 1. The zero-order valence-electron chi connectivity index (χ0n) is 10.2. The lowest BCUT2D eigenvalue weighted by Gasteiger charge is -2.27. The summed E-state index contributed by atoms with van der Waals surface area (Å²) in [4.78, 5) is 13.9. The van der Waals surface area contributed by atoms with E-state index < -0.39 is 5.60 Å². The van der Waals surface area contributed by atoms with Crippen LogP contribution in [0.25, 0.3) is 0 Å². The van der Waals surface area contributed by atoms with Crippen LogP contribution in [0.2, 0.25) is 0 Å². The smallest absolute Gasteiger partial charge is 0.258 e. The van der Waals surface area contributed by atoms with Crippen LogP contribution in [0.4, 0.5) is 10.1 Å². The molecule has 0 saturated heterocycles. The van der Waals surface area contributed by atoms with E-state index in [1.807, 2.05) is 0 Å². The zero-order chi connectivity index (χ0) is 12.8. The van der Waals surface area contributed by atoms with E-state index in [0.717, 1.165) is 24.8 Å². The van der Waals surface area contributed by atoms with Crippen LogP contribution in [0.15, 0.2) is 18.2 Å². The molecule has 1 aromatic rings. The highest BCUT2D eigenvalue weighted by Gasteiger charge is 2.43. The summed E-state index contributed by atoms with van der Waals surface area (Å²) in [5.74, 6) is -0.601. The minimum Gasteiger partial charge on any atom is -0.380 e. The van der Waals surface area contributed by atoms with Crippen molar-refractivity contribution in [2.45, 2.75) is 37.7 Å². The van der Waals surface area contributed by atoms with Crippen molar-refractivity contribution in [2.24, 2.45) is 0 Å². The maximum Gasteiger partial charge on any atom is 0.258 e. The maximum absolute atomic E-state index is 13.3. The van der Waals surface area contributed by atoms with Crippen LogP contribution in [-0.2, 0) is 11.2 Å². The van der Waals surface area contributed by atoms with Crippen molar-refractivity contribution < 1.29 is 14.3 Å². The van der Waals surface area contributed by atoms with Crippen molar-refractivity contribution in [3.63, 3.8) is 0 Å². The van der Waals surface area contributed by atoms with Crippen molar-refractivity contribution in [1.29, 1.82) is 0 Å². The molecule has 1 aromatic carbocycles. The monoisotopic (exact) mass is 249 g/mol. The van der Waals surface area contributed by atoms with Gasteiger partial charge in [-0.25, -0.2) is 4.39 Å². The molecule has 4 heteroatoms. The van der Waals surface area contributed by atoms with E-state index in [-0.39, 0.29) is 11.7 Å².